The zero-order chi connectivity index (χ0) is 18.5. The van der Waals surface area contributed by atoms with E-state index in [4.69, 9.17) is 4.74 Å². The number of aromatic nitrogens is 1. The molecular weight excluding hydrogens is 326 g/mol. The SMILES string of the molecule is CCN(CC)Cc1cc(Nc2ccc3cc(OC)ccc3n2)ccc1O. The fourth-order valence-corrected chi connectivity index (χ4v) is 2.93. The lowest BCUT2D eigenvalue weighted by Crippen LogP contribution is -2.22. The number of nitrogens with one attached hydrogen (secondary N) is 1. The molecule has 0 unspecified atom stereocenters. The molecule has 0 saturated heterocycles. The molecule has 3 rings (SSSR count). The van der Waals surface area contributed by atoms with Crippen molar-refractivity contribution >= 4 is 22.4 Å². The van der Waals surface area contributed by atoms with E-state index in [0.29, 0.717) is 5.75 Å². The molecule has 5 nitrogen and oxygen atoms in total. The Bertz CT molecular complexity index is 892. The second-order valence-electron chi connectivity index (χ2n) is 6.19. The van der Waals surface area contributed by atoms with Crippen molar-refractivity contribution in [3.05, 3.63) is 54.1 Å². The highest BCUT2D eigenvalue weighted by Gasteiger charge is 2.08. The summed E-state index contributed by atoms with van der Waals surface area (Å²) >= 11 is 0. The van der Waals surface area contributed by atoms with Crippen molar-refractivity contribution in [1.29, 1.82) is 0 Å². The van der Waals surface area contributed by atoms with Gasteiger partial charge in [0.25, 0.3) is 0 Å². The summed E-state index contributed by atoms with van der Waals surface area (Å²) in [4.78, 5) is 6.92. The minimum absolute atomic E-state index is 0.320. The standard InChI is InChI=1S/C21H25N3O2/c1-4-24(5-2)14-16-12-17(7-10-20(16)25)22-21-11-6-15-13-18(26-3)8-9-19(15)23-21/h6-13,25H,4-5,14H2,1-3H3,(H,22,23). The number of hydrogen-bond donors (Lipinski definition) is 2. The van der Waals surface area contributed by atoms with E-state index in [2.05, 4.69) is 29.0 Å². The third-order valence-corrected chi connectivity index (χ3v) is 4.54. The number of fused-ring (bicyclic) bond motifs is 1. The largest absolute Gasteiger partial charge is 0.508 e. The van der Waals surface area contributed by atoms with Crippen LogP contribution in [-0.2, 0) is 6.54 Å². The molecular formula is C21H25N3O2. The topological polar surface area (TPSA) is 57.6 Å². The van der Waals surface area contributed by atoms with Gasteiger partial charge in [-0.05, 0) is 61.6 Å². The van der Waals surface area contributed by atoms with Crippen LogP contribution in [0.15, 0.2) is 48.5 Å². The number of ether oxygens (including phenoxy) is 1. The van der Waals surface area contributed by atoms with E-state index in [-0.39, 0.29) is 0 Å². The Balaban J connectivity index is 1.83. The number of hydrogen-bond acceptors (Lipinski definition) is 5. The molecule has 3 aromatic rings. The molecule has 2 N–H and O–H groups in total. The van der Waals surface area contributed by atoms with Crippen LogP contribution in [0, 0.1) is 0 Å². The zero-order valence-corrected chi connectivity index (χ0v) is 15.5. The van der Waals surface area contributed by atoms with E-state index in [9.17, 15) is 5.11 Å². The molecule has 0 spiro atoms. The normalized spacial score (nSPS) is 11.1. The van der Waals surface area contributed by atoms with Crippen LogP contribution in [0.1, 0.15) is 19.4 Å². The van der Waals surface area contributed by atoms with E-state index < -0.39 is 0 Å². The first-order valence-corrected chi connectivity index (χ1v) is 8.89. The Labute approximate surface area is 154 Å². The van der Waals surface area contributed by atoms with Crippen molar-refractivity contribution in [2.24, 2.45) is 0 Å². The Morgan fingerprint density at radius 1 is 1.04 bits per heavy atom. The quantitative estimate of drug-likeness (QED) is 0.612. The molecule has 0 aliphatic rings. The third kappa shape index (κ3) is 4.06. The molecule has 0 saturated carbocycles. The highest BCUT2D eigenvalue weighted by Crippen LogP contribution is 2.26. The van der Waals surface area contributed by atoms with E-state index in [1.54, 1.807) is 13.2 Å². The number of benzene rings is 2. The number of nitrogens with zero attached hydrogens (tertiary/aromatic N) is 2. The maximum absolute atomic E-state index is 10.1. The van der Waals surface area contributed by atoms with Crippen molar-refractivity contribution in [3.63, 3.8) is 0 Å². The number of phenols is 1. The fourth-order valence-electron chi connectivity index (χ4n) is 2.93. The molecule has 5 heteroatoms. The minimum atomic E-state index is 0.320. The van der Waals surface area contributed by atoms with Crippen LogP contribution in [-0.4, -0.2) is 35.2 Å². The van der Waals surface area contributed by atoms with Gasteiger partial charge in [-0.1, -0.05) is 13.8 Å². The number of anilines is 2. The highest BCUT2D eigenvalue weighted by molar-refractivity contribution is 5.82. The maximum Gasteiger partial charge on any atom is 0.131 e. The van der Waals surface area contributed by atoms with E-state index >= 15 is 0 Å². The van der Waals surface area contributed by atoms with Gasteiger partial charge in [-0.15, -0.1) is 0 Å². The van der Waals surface area contributed by atoms with Gasteiger partial charge in [0.2, 0.25) is 0 Å². The smallest absolute Gasteiger partial charge is 0.131 e. The van der Waals surface area contributed by atoms with E-state index in [0.717, 1.165) is 53.4 Å². The average Bonchev–Trinajstić information content (AvgIpc) is 2.67. The predicted molar refractivity (Wildman–Crippen MR) is 106 cm³/mol. The van der Waals surface area contributed by atoms with Crippen LogP contribution in [0.5, 0.6) is 11.5 Å². The number of rotatable bonds is 7. The summed E-state index contributed by atoms with van der Waals surface area (Å²) in [5.74, 6) is 1.91. The number of aromatic hydroxyl groups is 1. The number of pyridine rings is 1. The van der Waals surface area contributed by atoms with Gasteiger partial charge in [0.05, 0.1) is 12.6 Å². The predicted octanol–water partition coefficient (Wildman–Crippen LogP) is 4.53. The molecule has 0 fully saturated rings. The summed E-state index contributed by atoms with van der Waals surface area (Å²) in [6.45, 7) is 6.86. The lowest BCUT2D eigenvalue weighted by atomic mass is 10.1. The first kappa shape index (κ1) is 18.0. The lowest BCUT2D eigenvalue weighted by Gasteiger charge is -2.19. The fraction of sp³-hybridized carbons (Fsp3) is 0.286. The van der Waals surface area contributed by atoms with E-state index in [1.165, 1.54) is 0 Å². The summed E-state index contributed by atoms with van der Waals surface area (Å²) in [6.07, 6.45) is 0. The van der Waals surface area contributed by atoms with Crippen LogP contribution in [0.2, 0.25) is 0 Å². The Morgan fingerprint density at radius 3 is 2.58 bits per heavy atom. The van der Waals surface area contributed by atoms with Gasteiger partial charge >= 0.3 is 0 Å². The first-order valence-electron chi connectivity index (χ1n) is 8.89. The molecule has 0 aliphatic carbocycles. The molecule has 0 atom stereocenters. The maximum atomic E-state index is 10.1. The van der Waals surface area contributed by atoms with Gasteiger partial charge in [-0.2, -0.15) is 0 Å². The van der Waals surface area contributed by atoms with Gasteiger partial charge in [-0.25, -0.2) is 4.98 Å². The van der Waals surface area contributed by atoms with Crippen molar-refractivity contribution in [1.82, 2.24) is 9.88 Å². The Kier molecular flexibility index (Phi) is 5.58. The van der Waals surface area contributed by atoms with Gasteiger partial charge in [0.15, 0.2) is 0 Å². The lowest BCUT2D eigenvalue weighted by molar-refractivity contribution is 0.291. The van der Waals surface area contributed by atoms with Crippen molar-refractivity contribution in [2.75, 3.05) is 25.5 Å². The summed E-state index contributed by atoms with van der Waals surface area (Å²) in [7, 11) is 1.66. The summed E-state index contributed by atoms with van der Waals surface area (Å²) in [5.41, 5.74) is 2.72. The van der Waals surface area contributed by atoms with Crippen LogP contribution in [0.4, 0.5) is 11.5 Å². The second-order valence-corrected chi connectivity index (χ2v) is 6.19. The Morgan fingerprint density at radius 2 is 1.85 bits per heavy atom. The summed E-state index contributed by atoms with van der Waals surface area (Å²) < 4.78 is 5.25. The van der Waals surface area contributed by atoms with E-state index in [1.807, 2.05) is 42.5 Å². The number of methoxy groups -OCH3 is 1. The highest BCUT2D eigenvalue weighted by atomic mass is 16.5. The minimum Gasteiger partial charge on any atom is -0.508 e. The third-order valence-electron chi connectivity index (χ3n) is 4.54. The first-order chi connectivity index (χ1) is 12.6. The van der Waals surface area contributed by atoms with Crippen LogP contribution in [0.25, 0.3) is 10.9 Å². The second kappa shape index (κ2) is 8.06. The molecule has 136 valence electrons. The molecule has 0 bridgehead atoms. The summed E-state index contributed by atoms with van der Waals surface area (Å²) in [5, 5.41) is 14.5. The van der Waals surface area contributed by atoms with Gasteiger partial charge in [0, 0.05) is 23.2 Å². The molecule has 1 aromatic heterocycles. The monoisotopic (exact) mass is 351 g/mol. The van der Waals surface area contributed by atoms with Gasteiger partial charge < -0.3 is 15.2 Å². The summed E-state index contributed by atoms with van der Waals surface area (Å²) in [6, 6.07) is 15.4. The van der Waals surface area contributed by atoms with Crippen LogP contribution < -0.4 is 10.1 Å². The van der Waals surface area contributed by atoms with Crippen molar-refractivity contribution in [2.45, 2.75) is 20.4 Å². The number of phenolic OH excluding ortho intramolecular Hbond substituents is 1. The van der Waals surface area contributed by atoms with Crippen molar-refractivity contribution in [3.8, 4) is 11.5 Å². The Hall–Kier alpha value is -2.79. The average molecular weight is 351 g/mol. The molecule has 26 heavy (non-hydrogen) atoms. The molecule has 0 amide bonds. The molecule has 1 heterocycles. The van der Waals surface area contributed by atoms with Crippen LogP contribution in [0.3, 0.4) is 0 Å². The molecule has 0 radical (unpaired) electrons. The van der Waals surface area contributed by atoms with Crippen molar-refractivity contribution < 1.29 is 9.84 Å². The molecule has 0 aliphatic heterocycles. The van der Waals surface area contributed by atoms with Gasteiger partial charge in [-0.3, -0.25) is 4.90 Å². The molecule has 2 aromatic carbocycles. The van der Waals surface area contributed by atoms with Gasteiger partial charge in [0.1, 0.15) is 17.3 Å². The zero-order valence-electron chi connectivity index (χ0n) is 15.5. The van der Waals surface area contributed by atoms with Crippen LogP contribution >= 0.6 is 0 Å².